The highest BCUT2D eigenvalue weighted by Crippen LogP contribution is 2.15. The average Bonchev–Trinajstić information content (AvgIpc) is 2.47. The van der Waals surface area contributed by atoms with Crippen molar-refractivity contribution in [1.82, 2.24) is 0 Å². The number of hydrogen-bond acceptors (Lipinski definition) is 3. The molecule has 0 fully saturated rings. The standard InChI is InChI=1S/C9H11BO3/c1-6(11)7-2-3-8-5-13-10(12)9(8)4-7/h2-4,6,11-12H,5H2,1H3. The monoisotopic (exact) mass is 178 g/mol. The maximum atomic E-state index is 9.38. The van der Waals surface area contributed by atoms with Crippen LogP contribution in [0.25, 0.3) is 0 Å². The number of aliphatic hydroxyl groups is 1. The third kappa shape index (κ3) is 1.48. The Morgan fingerprint density at radius 1 is 1.54 bits per heavy atom. The van der Waals surface area contributed by atoms with Gasteiger partial charge in [0.1, 0.15) is 0 Å². The van der Waals surface area contributed by atoms with E-state index in [1.807, 2.05) is 12.1 Å². The van der Waals surface area contributed by atoms with Crippen molar-refractivity contribution in [2.75, 3.05) is 0 Å². The molecule has 2 rings (SSSR count). The molecule has 0 radical (unpaired) electrons. The minimum Gasteiger partial charge on any atom is -0.423 e. The van der Waals surface area contributed by atoms with E-state index in [-0.39, 0.29) is 0 Å². The van der Waals surface area contributed by atoms with Gasteiger partial charge in [-0.25, -0.2) is 0 Å². The van der Waals surface area contributed by atoms with E-state index in [4.69, 9.17) is 4.65 Å². The van der Waals surface area contributed by atoms with Crippen LogP contribution < -0.4 is 5.46 Å². The summed E-state index contributed by atoms with van der Waals surface area (Å²) in [6.07, 6.45) is -0.502. The van der Waals surface area contributed by atoms with Crippen LogP contribution in [0.2, 0.25) is 0 Å². The van der Waals surface area contributed by atoms with Crippen LogP contribution in [0.3, 0.4) is 0 Å². The Kier molecular flexibility index (Phi) is 2.11. The Bertz CT molecular complexity index is 325. The number of aliphatic hydroxyl groups excluding tert-OH is 1. The normalized spacial score (nSPS) is 17.3. The van der Waals surface area contributed by atoms with E-state index in [1.165, 1.54) is 0 Å². The first-order chi connectivity index (χ1) is 6.18. The van der Waals surface area contributed by atoms with E-state index < -0.39 is 13.2 Å². The minimum atomic E-state index is -0.825. The van der Waals surface area contributed by atoms with Gasteiger partial charge in [-0.2, -0.15) is 0 Å². The van der Waals surface area contributed by atoms with Crippen LogP contribution >= 0.6 is 0 Å². The van der Waals surface area contributed by atoms with Crippen LogP contribution in [0.1, 0.15) is 24.2 Å². The van der Waals surface area contributed by atoms with Crippen molar-refractivity contribution in [3.05, 3.63) is 29.3 Å². The van der Waals surface area contributed by atoms with Crippen molar-refractivity contribution < 1.29 is 14.8 Å². The van der Waals surface area contributed by atoms with Gasteiger partial charge in [0.25, 0.3) is 0 Å². The lowest BCUT2D eigenvalue weighted by Gasteiger charge is -2.06. The highest BCUT2D eigenvalue weighted by molar-refractivity contribution is 6.61. The Morgan fingerprint density at radius 3 is 3.00 bits per heavy atom. The summed E-state index contributed by atoms with van der Waals surface area (Å²) in [6, 6.07) is 5.52. The van der Waals surface area contributed by atoms with E-state index in [0.717, 1.165) is 16.6 Å². The van der Waals surface area contributed by atoms with Crippen molar-refractivity contribution in [1.29, 1.82) is 0 Å². The zero-order chi connectivity index (χ0) is 9.42. The minimum absolute atomic E-state index is 0.455. The molecule has 1 unspecified atom stereocenters. The van der Waals surface area contributed by atoms with Crippen LogP contribution in [-0.4, -0.2) is 17.2 Å². The zero-order valence-electron chi connectivity index (χ0n) is 7.40. The molecule has 1 heterocycles. The first-order valence-corrected chi connectivity index (χ1v) is 4.29. The van der Waals surface area contributed by atoms with E-state index >= 15 is 0 Å². The molecule has 0 bridgehead atoms. The lowest BCUT2D eigenvalue weighted by Crippen LogP contribution is -2.28. The summed E-state index contributed by atoms with van der Waals surface area (Å²) in [6.45, 7) is 2.15. The lowest BCUT2D eigenvalue weighted by atomic mass is 9.78. The summed E-state index contributed by atoms with van der Waals surface area (Å²) in [5.74, 6) is 0. The molecular formula is C9H11BO3. The van der Waals surface area contributed by atoms with E-state index in [0.29, 0.717) is 6.61 Å². The van der Waals surface area contributed by atoms with Gasteiger partial charge < -0.3 is 14.8 Å². The molecule has 1 aromatic rings. The topological polar surface area (TPSA) is 49.7 Å². The summed E-state index contributed by atoms with van der Waals surface area (Å²) in [7, 11) is -0.825. The molecule has 68 valence electrons. The largest absolute Gasteiger partial charge is 0.491 e. The smallest absolute Gasteiger partial charge is 0.423 e. The molecule has 0 saturated carbocycles. The molecule has 13 heavy (non-hydrogen) atoms. The van der Waals surface area contributed by atoms with Crippen LogP contribution in [-0.2, 0) is 11.3 Å². The number of benzene rings is 1. The number of hydrogen-bond donors (Lipinski definition) is 2. The second-order valence-electron chi connectivity index (χ2n) is 3.30. The fourth-order valence-corrected chi connectivity index (χ4v) is 1.49. The second kappa shape index (κ2) is 3.14. The van der Waals surface area contributed by atoms with Gasteiger partial charge in [0.05, 0.1) is 12.7 Å². The van der Waals surface area contributed by atoms with Gasteiger partial charge in [0.2, 0.25) is 0 Å². The van der Waals surface area contributed by atoms with Crippen molar-refractivity contribution in [3.8, 4) is 0 Å². The van der Waals surface area contributed by atoms with E-state index in [2.05, 4.69) is 0 Å². The molecule has 1 aliphatic rings. The SMILES string of the molecule is CC(O)c1ccc2c(c1)B(O)OC2. The van der Waals surface area contributed by atoms with Crippen LogP contribution in [0.4, 0.5) is 0 Å². The molecule has 0 spiro atoms. The Hall–Kier alpha value is -0.835. The average molecular weight is 178 g/mol. The molecule has 0 aliphatic carbocycles. The van der Waals surface area contributed by atoms with Gasteiger partial charge in [-0.05, 0) is 23.5 Å². The zero-order valence-corrected chi connectivity index (χ0v) is 7.40. The fraction of sp³-hybridized carbons (Fsp3) is 0.333. The Morgan fingerprint density at radius 2 is 2.31 bits per heavy atom. The maximum Gasteiger partial charge on any atom is 0.491 e. The quantitative estimate of drug-likeness (QED) is 0.593. The lowest BCUT2D eigenvalue weighted by molar-refractivity contribution is 0.199. The second-order valence-corrected chi connectivity index (χ2v) is 3.30. The summed E-state index contributed by atoms with van der Waals surface area (Å²) in [5.41, 5.74) is 2.58. The van der Waals surface area contributed by atoms with Crippen molar-refractivity contribution in [3.63, 3.8) is 0 Å². The highest BCUT2D eigenvalue weighted by Gasteiger charge is 2.27. The van der Waals surface area contributed by atoms with Gasteiger partial charge in [0, 0.05) is 0 Å². The highest BCUT2D eigenvalue weighted by atomic mass is 16.5. The molecule has 1 atom stereocenters. The predicted molar refractivity (Wildman–Crippen MR) is 49.5 cm³/mol. The van der Waals surface area contributed by atoms with Gasteiger partial charge in [0.15, 0.2) is 0 Å². The van der Waals surface area contributed by atoms with Gasteiger partial charge >= 0.3 is 7.12 Å². The van der Waals surface area contributed by atoms with Crippen LogP contribution in [0.5, 0.6) is 0 Å². The van der Waals surface area contributed by atoms with Crippen molar-refractivity contribution >= 4 is 12.6 Å². The van der Waals surface area contributed by atoms with Crippen LogP contribution in [0.15, 0.2) is 18.2 Å². The first kappa shape index (κ1) is 8.75. The van der Waals surface area contributed by atoms with E-state index in [9.17, 15) is 10.1 Å². The Balaban J connectivity index is 2.42. The predicted octanol–water partition coefficient (Wildman–Crippen LogP) is -0.0424. The molecule has 0 amide bonds. The van der Waals surface area contributed by atoms with Gasteiger partial charge in [-0.1, -0.05) is 18.2 Å². The maximum absolute atomic E-state index is 9.38. The summed E-state index contributed by atoms with van der Waals surface area (Å²) in [5, 5.41) is 18.7. The number of fused-ring (bicyclic) bond motifs is 1. The summed E-state index contributed by atoms with van der Waals surface area (Å²) < 4.78 is 5.03. The van der Waals surface area contributed by atoms with Gasteiger partial charge in [-0.15, -0.1) is 0 Å². The molecule has 0 aromatic heterocycles. The number of rotatable bonds is 1. The fourth-order valence-electron chi connectivity index (χ4n) is 1.49. The van der Waals surface area contributed by atoms with Crippen molar-refractivity contribution in [2.24, 2.45) is 0 Å². The third-order valence-electron chi connectivity index (χ3n) is 2.32. The molecule has 3 nitrogen and oxygen atoms in total. The Labute approximate surface area is 77.1 Å². The molecule has 4 heteroatoms. The summed E-state index contributed by atoms with van der Waals surface area (Å²) in [4.78, 5) is 0. The third-order valence-corrected chi connectivity index (χ3v) is 2.32. The summed E-state index contributed by atoms with van der Waals surface area (Å²) >= 11 is 0. The van der Waals surface area contributed by atoms with Crippen LogP contribution in [0, 0.1) is 0 Å². The van der Waals surface area contributed by atoms with Gasteiger partial charge in [-0.3, -0.25) is 0 Å². The molecule has 0 saturated heterocycles. The molecule has 2 N–H and O–H groups in total. The van der Waals surface area contributed by atoms with E-state index in [1.54, 1.807) is 13.0 Å². The molecule has 1 aliphatic heterocycles. The molecule has 1 aromatic carbocycles. The first-order valence-electron chi connectivity index (χ1n) is 4.29. The molecular weight excluding hydrogens is 167 g/mol. The van der Waals surface area contributed by atoms with Crippen molar-refractivity contribution in [2.45, 2.75) is 19.6 Å².